The quantitative estimate of drug-likeness (QED) is 0.436. The van der Waals surface area contributed by atoms with E-state index in [0.29, 0.717) is 13.2 Å². The molecule has 0 aliphatic carbocycles. The summed E-state index contributed by atoms with van der Waals surface area (Å²) in [6, 6.07) is 8.68. The zero-order valence-electron chi connectivity index (χ0n) is 15.2. The lowest BCUT2D eigenvalue weighted by atomic mass is 10.1. The van der Waals surface area contributed by atoms with Crippen LogP contribution in [0.2, 0.25) is 0 Å². The van der Waals surface area contributed by atoms with Crippen LogP contribution in [0.25, 0.3) is 0 Å². The van der Waals surface area contributed by atoms with E-state index < -0.39 is 0 Å². The maximum atomic E-state index is 5.09. The van der Waals surface area contributed by atoms with E-state index in [0.717, 1.165) is 25.6 Å². The van der Waals surface area contributed by atoms with Crippen molar-refractivity contribution in [1.82, 2.24) is 15.5 Å². The van der Waals surface area contributed by atoms with Crippen LogP contribution < -0.4 is 10.6 Å². The molecular weight excluding hydrogens is 300 g/mol. The lowest BCUT2D eigenvalue weighted by Crippen LogP contribution is -2.38. The topological polar surface area (TPSA) is 48.9 Å². The maximum Gasteiger partial charge on any atom is 0.191 e. The van der Waals surface area contributed by atoms with Crippen LogP contribution in [-0.4, -0.2) is 50.8 Å². The first-order valence-corrected chi connectivity index (χ1v) is 9.13. The minimum atomic E-state index is 0.677. The molecule has 1 aromatic carbocycles. The number of hydrogen-bond donors (Lipinski definition) is 2. The summed E-state index contributed by atoms with van der Waals surface area (Å²) in [6.45, 7) is 8.56. The van der Waals surface area contributed by atoms with Gasteiger partial charge in [0.05, 0.1) is 13.2 Å². The van der Waals surface area contributed by atoms with E-state index >= 15 is 0 Å². The van der Waals surface area contributed by atoms with Gasteiger partial charge in [-0.15, -0.1) is 0 Å². The molecule has 1 saturated heterocycles. The fraction of sp³-hybridized carbons (Fsp3) is 0.632. The number of methoxy groups -OCH3 is 1. The van der Waals surface area contributed by atoms with Crippen molar-refractivity contribution >= 4 is 5.96 Å². The first kappa shape index (κ1) is 18.7. The smallest absolute Gasteiger partial charge is 0.191 e. The van der Waals surface area contributed by atoms with Gasteiger partial charge >= 0.3 is 0 Å². The number of nitrogens with zero attached hydrogens (tertiary/aromatic N) is 2. The Kier molecular flexibility index (Phi) is 8.63. The Morgan fingerprint density at radius 3 is 2.58 bits per heavy atom. The predicted molar refractivity (Wildman–Crippen MR) is 100 cm³/mol. The molecule has 0 aromatic heterocycles. The van der Waals surface area contributed by atoms with Crippen LogP contribution >= 0.6 is 0 Å². The Morgan fingerprint density at radius 2 is 1.88 bits per heavy atom. The Hall–Kier alpha value is -1.59. The molecule has 5 heteroatoms. The fourth-order valence-corrected chi connectivity index (χ4v) is 3.00. The van der Waals surface area contributed by atoms with Crippen LogP contribution in [0.1, 0.15) is 37.3 Å². The molecule has 0 radical (unpaired) electrons. The van der Waals surface area contributed by atoms with E-state index in [2.05, 4.69) is 46.7 Å². The number of piperidine rings is 1. The monoisotopic (exact) mass is 332 g/mol. The maximum absolute atomic E-state index is 5.09. The summed E-state index contributed by atoms with van der Waals surface area (Å²) in [5.74, 6) is 0.849. The second-order valence-electron chi connectivity index (χ2n) is 6.22. The lowest BCUT2D eigenvalue weighted by molar-refractivity contribution is 0.203. The summed E-state index contributed by atoms with van der Waals surface area (Å²) in [4.78, 5) is 7.29. The molecule has 1 aliphatic heterocycles. The molecule has 0 saturated carbocycles. The number of rotatable bonds is 8. The number of benzene rings is 1. The third kappa shape index (κ3) is 6.49. The van der Waals surface area contributed by atoms with Gasteiger partial charge in [-0.25, -0.2) is 4.99 Å². The first-order valence-electron chi connectivity index (χ1n) is 9.13. The second-order valence-corrected chi connectivity index (χ2v) is 6.22. The number of likely N-dealkylation sites (tertiary alicyclic amines) is 1. The molecule has 134 valence electrons. The summed E-state index contributed by atoms with van der Waals surface area (Å²) in [5.41, 5.74) is 2.71. The zero-order chi connectivity index (χ0) is 17.0. The third-order valence-electron chi connectivity index (χ3n) is 4.31. The van der Waals surface area contributed by atoms with Crippen LogP contribution in [0.4, 0.5) is 0 Å². The minimum Gasteiger partial charge on any atom is -0.383 e. The minimum absolute atomic E-state index is 0.677. The van der Waals surface area contributed by atoms with Gasteiger partial charge in [0.2, 0.25) is 0 Å². The SMILES string of the molecule is CCNC(=NCc1ccccc1CN1CCCCC1)NCCOC. The van der Waals surface area contributed by atoms with Gasteiger partial charge < -0.3 is 15.4 Å². The number of nitrogens with one attached hydrogen (secondary N) is 2. The highest BCUT2D eigenvalue weighted by atomic mass is 16.5. The molecule has 0 unspecified atom stereocenters. The van der Waals surface area contributed by atoms with Gasteiger partial charge in [-0.05, 0) is 44.0 Å². The summed E-state index contributed by atoms with van der Waals surface area (Å²) in [7, 11) is 1.71. The van der Waals surface area contributed by atoms with Crippen molar-refractivity contribution in [1.29, 1.82) is 0 Å². The molecule has 0 bridgehead atoms. The highest BCUT2D eigenvalue weighted by Crippen LogP contribution is 2.16. The van der Waals surface area contributed by atoms with Crippen LogP contribution in [0.5, 0.6) is 0 Å². The van der Waals surface area contributed by atoms with Gasteiger partial charge in [-0.3, -0.25) is 4.90 Å². The molecule has 1 aliphatic rings. The first-order chi connectivity index (χ1) is 11.8. The van der Waals surface area contributed by atoms with Crippen molar-refractivity contribution < 1.29 is 4.74 Å². The molecule has 2 N–H and O–H groups in total. The molecule has 5 nitrogen and oxygen atoms in total. The van der Waals surface area contributed by atoms with Crippen molar-refractivity contribution in [2.24, 2.45) is 4.99 Å². The normalized spacial score (nSPS) is 16.2. The van der Waals surface area contributed by atoms with E-state index in [4.69, 9.17) is 9.73 Å². The average Bonchev–Trinajstić information content (AvgIpc) is 2.62. The predicted octanol–water partition coefficient (Wildman–Crippen LogP) is 2.37. The molecule has 1 fully saturated rings. The van der Waals surface area contributed by atoms with Crippen molar-refractivity contribution in [3.63, 3.8) is 0 Å². The summed E-state index contributed by atoms with van der Waals surface area (Å²) in [5, 5.41) is 6.58. The molecule has 1 aromatic rings. The second kappa shape index (κ2) is 11.0. The number of aliphatic imine (C=N–C) groups is 1. The Morgan fingerprint density at radius 1 is 1.12 bits per heavy atom. The summed E-state index contributed by atoms with van der Waals surface area (Å²) >= 11 is 0. The highest BCUT2D eigenvalue weighted by Gasteiger charge is 2.12. The molecule has 0 atom stereocenters. The van der Waals surface area contributed by atoms with E-state index in [9.17, 15) is 0 Å². The summed E-state index contributed by atoms with van der Waals surface area (Å²) < 4.78 is 5.09. The van der Waals surface area contributed by atoms with Gasteiger partial charge in [-0.2, -0.15) is 0 Å². The van der Waals surface area contributed by atoms with Gasteiger partial charge in [0.15, 0.2) is 5.96 Å². The molecule has 24 heavy (non-hydrogen) atoms. The molecule has 2 rings (SSSR count). The standard InChI is InChI=1S/C19H32N4O/c1-3-20-19(21-11-14-24-2)22-15-17-9-5-6-10-18(17)16-23-12-7-4-8-13-23/h5-6,9-10H,3-4,7-8,11-16H2,1-2H3,(H2,20,21,22). The van der Waals surface area contributed by atoms with Crippen LogP contribution in [0, 0.1) is 0 Å². The van der Waals surface area contributed by atoms with Crippen LogP contribution in [-0.2, 0) is 17.8 Å². The molecule has 1 heterocycles. The Bertz CT molecular complexity index is 498. The van der Waals surface area contributed by atoms with Crippen molar-refractivity contribution in [2.75, 3.05) is 39.9 Å². The van der Waals surface area contributed by atoms with Crippen molar-refractivity contribution in [3.8, 4) is 0 Å². The van der Waals surface area contributed by atoms with E-state index in [1.54, 1.807) is 7.11 Å². The van der Waals surface area contributed by atoms with Gasteiger partial charge in [0, 0.05) is 26.7 Å². The lowest BCUT2D eigenvalue weighted by Gasteiger charge is -2.27. The number of ether oxygens (including phenoxy) is 1. The number of guanidine groups is 1. The average molecular weight is 332 g/mol. The van der Waals surface area contributed by atoms with Gasteiger partial charge in [0.25, 0.3) is 0 Å². The molecule has 0 amide bonds. The Balaban J connectivity index is 1.97. The van der Waals surface area contributed by atoms with Crippen molar-refractivity contribution in [2.45, 2.75) is 39.3 Å². The number of hydrogen-bond acceptors (Lipinski definition) is 3. The summed E-state index contributed by atoms with van der Waals surface area (Å²) in [6.07, 6.45) is 4.03. The van der Waals surface area contributed by atoms with E-state index in [1.807, 2.05) is 0 Å². The largest absolute Gasteiger partial charge is 0.383 e. The molecule has 0 spiro atoms. The molecular formula is C19H32N4O. The van der Waals surface area contributed by atoms with E-state index in [-0.39, 0.29) is 0 Å². The Labute approximate surface area is 146 Å². The van der Waals surface area contributed by atoms with Gasteiger partial charge in [-0.1, -0.05) is 30.7 Å². The third-order valence-corrected chi connectivity index (χ3v) is 4.31. The van der Waals surface area contributed by atoms with Crippen molar-refractivity contribution in [3.05, 3.63) is 35.4 Å². The van der Waals surface area contributed by atoms with Crippen LogP contribution in [0.3, 0.4) is 0 Å². The highest BCUT2D eigenvalue weighted by molar-refractivity contribution is 5.79. The van der Waals surface area contributed by atoms with Gasteiger partial charge in [0.1, 0.15) is 0 Å². The zero-order valence-corrected chi connectivity index (χ0v) is 15.2. The fourth-order valence-electron chi connectivity index (χ4n) is 3.00. The van der Waals surface area contributed by atoms with Crippen LogP contribution in [0.15, 0.2) is 29.3 Å². The van der Waals surface area contributed by atoms with E-state index in [1.165, 1.54) is 43.5 Å².